The van der Waals surface area contributed by atoms with E-state index in [-0.39, 0.29) is 22.3 Å². The third-order valence-corrected chi connectivity index (χ3v) is 12.9. The number of fused-ring (bicyclic) bond motifs is 1. The second-order valence-electron chi connectivity index (χ2n) is 12.9. The predicted molar refractivity (Wildman–Crippen MR) is 166 cm³/mol. The number of carbonyl (C=O) groups excluding carboxylic acids is 1. The van der Waals surface area contributed by atoms with E-state index in [1.165, 1.54) is 7.11 Å². The molecule has 9 heteroatoms. The van der Waals surface area contributed by atoms with Crippen LogP contribution in [0.25, 0.3) is 0 Å². The molecule has 0 radical (unpaired) electrons. The molecule has 0 bridgehead atoms. The third-order valence-electron chi connectivity index (χ3n) is 7.79. The van der Waals surface area contributed by atoms with Crippen LogP contribution in [0.15, 0.2) is 61.7 Å². The molecular formula is C33H50O8Si. The minimum atomic E-state index is -2.66. The van der Waals surface area contributed by atoms with E-state index in [0.29, 0.717) is 37.4 Å². The average molecular weight is 603 g/mol. The lowest BCUT2D eigenvalue weighted by atomic mass is 10.0. The summed E-state index contributed by atoms with van der Waals surface area (Å²) >= 11 is 0. The summed E-state index contributed by atoms with van der Waals surface area (Å²) in [5.41, 5.74) is 0. The van der Waals surface area contributed by atoms with Gasteiger partial charge in [-0.15, -0.1) is 13.2 Å². The van der Waals surface area contributed by atoms with Crippen LogP contribution < -0.4 is 9.47 Å². The Balaban J connectivity index is 1.88. The molecule has 0 N–H and O–H groups in total. The number of esters is 1. The first kappa shape index (κ1) is 34.1. The van der Waals surface area contributed by atoms with Gasteiger partial charge in [-0.1, -0.05) is 65.8 Å². The van der Waals surface area contributed by atoms with Gasteiger partial charge in [-0.05, 0) is 37.1 Å². The topological polar surface area (TPSA) is 81.7 Å². The highest BCUT2D eigenvalue weighted by atomic mass is 28.4. The van der Waals surface area contributed by atoms with Gasteiger partial charge in [-0.25, -0.2) is 4.79 Å². The van der Waals surface area contributed by atoms with Crippen molar-refractivity contribution < 1.29 is 37.3 Å². The zero-order valence-electron chi connectivity index (χ0n) is 26.6. The van der Waals surface area contributed by atoms with Crippen LogP contribution in [0.3, 0.4) is 0 Å². The number of hydrogen-bond acceptors (Lipinski definition) is 8. The molecule has 1 fully saturated rings. The van der Waals surface area contributed by atoms with Crippen LogP contribution in [-0.2, 0) is 27.9 Å². The quantitative estimate of drug-likeness (QED) is 0.157. The first-order chi connectivity index (χ1) is 19.8. The number of rotatable bonds is 11. The van der Waals surface area contributed by atoms with Gasteiger partial charge in [0.15, 0.2) is 6.10 Å². The standard InChI is InChI=1S/C33H50O8Si/c1-11-14-25-26(16-13-17-27-29(39-25)22-37-42(41-27,32(3,4)5)33(6,7)8)40-30(31(34)36-10)28(15-12-2)38-24-20-18-23(35-9)19-21-24/h11-13,16,18-21,25-30H,1-2,14-15,17,22H2,3-10H3/b16-13-/t25-,26+,27-,28+,29+,30+/m1/s1. The van der Waals surface area contributed by atoms with Crippen molar-refractivity contribution >= 4 is 14.5 Å². The van der Waals surface area contributed by atoms with Crippen molar-refractivity contribution in [3.05, 3.63) is 61.7 Å². The van der Waals surface area contributed by atoms with Crippen LogP contribution in [-0.4, -0.2) is 72.0 Å². The molecule has 234 valence electrons. The van der Waals surface area contributed by atoms with Crippen LogP contribution in [0.5, 0.6) is 11.5 Å². The van der Waals surface area contributed by atoms with E-state index in [1.54, 1.807) is 43.5 Å². The highest BCUT2D eigenvalue weighted by molar-refractivity contribution is 6.73. The van der Waals surface area contributed by atoms with Crippen LogP contribution >= 0.6 is 0 Å². The molecule has 0 unspecified atom stereocenters. The fourth-order valence-corrected chi connectivity index (χ4v) is 10.9. The van der Waals surface area contributed by atoms with Gasteiger partial charge >= 0.3 is 14.5 Å². The van der Waals surface area contributed by atoms with Gasteiger partial charge in [-0.2, -0.15) is 0 Å². The van der Waals surface area contributed by atoms with Crippen molar-refractivity contribution in [1.29, 1.82) is 0 Å². The molecule has 1 aromatic rings. The molecule has 6 atom stereocenters. The number of hydrogen-bond donors (Lipinski definition) is 0. The van der Waals surface area contributed by atoms with Crippen LogP contribution in [0.1, 0.15) is 60.8 Å². The first-order valence-electron chi connectivity index (χ1n) is 14.7. The monoisotopic (exact) mass is 602 g/mol. The highest BCUT2D eigenvalue weighted by Crippen LogP contribution is 2.54. The zero-order chi connectivity index (χ0) is 31.1. The zero-order valence-corrected chi connectivity index (χ0v) is 27.6. The normalized spacial score (nSPS) is 26.4. The minimum absolute atomic E-state index is 0.133. The van der Waals surface area contributed by atoms with E-state index in [1.807, 2.05) is 6.08 Å². The van der Waals surface area contributed by atoms with E-state index in [4.69, 9.17) is 32.5 Å². The molecule has 8 nitrogen and oxygen atoms in total. The Morgan fingerprint density at radius 2 is 1.67 bits per heavy atom. The molecule has 0 aliphatic carbocycles. The molecule has 1 saturated heterocycles. The SMILES string of the molecule is C=CC[C@H](Oc1ccc(OC)cc1)[C@H](O[C@H]1/C=C\C[C@H]2O[Si](C(C)(C)C)(C(C)(C)C)OC[C@@H]2O[C@@H]1CC=C)C(=O)OC. The van der Waals surface area contributed by atoms with E-state index in [9.17, 15) is 4.79 Å². The maximum absolute atomic E-state index is 13.1. The smallest absolute Gasteiger partial charge is 0.349 e. The van der Waals surface area contributed by atoms with Crippen LogP contribution in [0.2, 0.25) is 10.1 Å². The average Bonchev–Trinajstić information content (AvgIpc) is 2.92. The Labute approximate surface area is 253 Å². The molecular weight excluding hydrogens is 552 g/mol. The Bertz CT molecular complexity index is 1060. The number of methoxy groups -OCH3 is 2. The van der Waals surface area contributed by atoms with Crippen molar-refractivity contribution in [3.63, 3.8) is 0 Å². The van der Waals surface area contributed by atoms with Crippen molar-refractivity contribution in [2.75, 3.05) is 20.8 Å². The first-order valence-corrected chi connectivity index (χ1v) is 16.5. The second-order valence-corrected chi connectivity index (χ2v) is 17.6. The van der Waals surface area contributed by atoms with Gasteiger partial charge in [0.1, 0.15) is 29.8 Å². The van der Waals surface area contributed by atoms with Crippen LogP contribution in [0, 0.1) is 0 Å². The number of carbonyl (C=O) groups is 1. The van der Waals surface area contributed by atoms with Gasteiger partial charge in [0.25, 0.3) is 0 Å². The lowest BCUT2D eigenvalue weighted by molar-refractivity contribution is -0.185. The van der Waals surface area contributed by atoms with E-state index >= 15 is 0 Å². The lowest BCUT2D eigenvalue weighted by Crippen LogP contribution is -2.65. The number of ether oxygens (including phenoxy) is 5. The second kappa shape index (κ2) is 14.4. The summed E-state index contributed by atoms with van der Waals surface area (Å²) in [5.74, 6) is 0.722. The molecule has 1 aromatic carbocycles. The molecule has 2 heterocycles. The Morgan fingerprint density at radius 1 is 1.02 bits per heavy atom. The summed E-state index contributed by atoms with van der Waals surface area (Å²) in [5, 5.41) is -0.265. The van der Waals surface area contributed by atoms with Gasteiger partial charge in [0, 0.05) is 16.5 Å². The fourth-order valence-electron chi connectivity index (χ4n) is 5.94. The molecule has 0 amide bonds. The summed E-state index contributed by atoms with van der Waals surface area (Å²) in [6.07, 6.45) is 5.80. The summed E-state index contributed by atoms with van der Waals surface area (Å²) in [7, 11) is 0.274. The Morgan fingerprint density at radius 3 is 2.21 bits per heavy atom. The molecule has 3 rings (SSSR count). The van der Waals surface area contributed by atoms with Crippen molar-refractivity contribution in [1.82, 2.24) is 0 Å². The Kier molecular flexibility index (Phi) is 11.6. The molecule has 0 aromatic heterocycles. The number of benzene rings is 1. The van der Waals surface area contributed by atoms with Gasteiger partial charge < -0.3 is 32.5 Å². The summed E-state index contributed by atoms with van der Waals surface area (Å²) in [6, 6.07) is 7.15. The molecule has 2 aliphatic heterocycles. The highest BCUT2D eigenvalue weighted by Gasteiger charge is 2.62. The summed E-state index contributed by atoms with van der Waals surface area (Å²) in [6.45, 7) is 21.5. The molecule has 42 heavy (non-hydrogen) atoms. The van der Waals surface area contributed by atoms with Crippen molar-refractivity contribution in [2.45, 2.75) is 108 Å². The van der Waals surface area contributed by atoms with Crippen LogP contribution in [0.4, 0.5) is 0 Å². The molecule has 0 spiro atoms. The van der Waals surface area contributed by atoms with Crippen molar-refractivity contribution in [2.24, 2.45) is 0 Å². The molecule has 0 saturated carbocycles. The van der Waals surface area contributed by atoms with E-state index < -0.39 is 38.9 Å². The van der Waals surface area contributed by atoms with Gasteiger partial charge in [0.2, 0.25) is 0 Å². The van der Waals surface area contributed by atoms with E-state index in [0.717, 1.165) is 0 Å². The molecule has 2 aliphatic rings. The van der Waals surface area contributed by atoms with E-state index in [2.05, 4.69) is 60.8 Å². The fraction of sp³-hybridized carbons (Fsp3) is 0.606. The van der Waals surface area contributed by atoms with Gasteiger partial charge in [0.05, 0.1) is 33.0 Å². The largest absolute Gasteiger partial charge is 0.497 e. The maximum Gasteiger partial charge on any atom is 0.349 e. The Hall–Kier alpha value is -2.43. The summed E-state index contributed by atoms with van der Waals surface area (Å²) in [4.78, 5) is 13.1. The van der Waals surface area contributed by atoms with Gasteiger partial charge in [-0.3, -0.25) is 0 Å². The predicted octanol–water partition coefficient (Wildman–Crippen LogP) is 6.69. The van der Waals surface area contributed by atoms with Crippen molar-refractivity contribution in [3.8, 4) is 11.5 Å². The minimum Gasteiger partial charge on any atom is -0.497 e. The summed E-state index contributed by atoms with van der Waals surface area (Å²) < 4.78 is 43.5. The third kappa shape index (κ3) is 7.74. The lowest BCUT2D eigenvalue weighted by Gasteiger charge is -2.55. The maximum atomic E-state index is 13.1.